The number of benzene rings is 1. The summed E-state index contributed by atoms with van der Waals surface area (Å²) < 4.78 is 6.49. The molecular weight excluding hydrogens is 416 g/mol. The molecular formula is C21H20N6O3S. The summed E-state index contributed by atoms with van der Waals surface area (Å²) in [6.07, 6.45) is 7.80. The standard InChI is InChI=1S/C21H20N6O3S/c1-5-9-27-14-8-7-13(6-2)10-15(14)31-20(27)23-16(28)11-26-12-22-18-17(26)19(29)25(4)21(30)24(18)3/h1,7-8,10,12H,6,9,11H2,2-4H3. The van der Waals surface area contributed by atoms with Gasteiger partial charge in [0.1, 0.15) is 6.54 Å². The molecule has 0 saturated heterocycles. The van der Waals surface area contributed by atoms with Gasteiger partial charge in [-0.15, -0.1) is 6.42 Å². The Hall–Kier alpha value is -3.71. The molecule has 31 heavy (non-hydrogen) atoms. The lowest BCUT2D eigenvalue weighted by Crippen LogP contribution is -2.37. The lowest BCUT2D eigenvalue weighted by Gasteiger charge is -2.05. The summed E-state index contributed by atoms with van der Waals surface area (Å²) in [4.78, 5) is 46.3. The summed E-state index contributed by atoms with van der Waals surface area (Å²) in [7, 11) is 2.91. The highest BCUT2D eigenvalue weighted by Gasteiger charge is 2.16. The highest BCUT2D eigenvalue weighted by atomic mass is 32.1. The molecule has 10 heteroatoms. The number of fused-ring (bicyclic) bond motifs is 2. The number of carbonyl (C=O) groups excluding carboxylic acids is 1. The second-order valence-corrected chi connectivity index (χ2v) is 8.10. The van der Waals surface area contributed by atoms with Crippen LogP contribution < -0.4 is 16.1 Å². The van der Waals surface area contributed by atoms with Crippen LogP contribution in [0.4, 0.5) is 0 Å². The van der Waals surface area contributed by atoms with Gasteiger partial charge >= 0.3 is 5.69 Å². The zero-order chi connectivity index (χ0) is 22.3. The van der Waals surface area contributed by atoms with Gasteiger partial charge < -0.3 is 9.13 Å². The molecule has 1 amide bonds. The number of aromatic nitrogens is 5. The number of hydrogen-bond donors (Lipinski definition) is 0. The van der Waals surface area contributed by atoms with Crippen LogP contribution in [0.3, 0.4) is 0 Å². The molecule has 0 bridgehead atoms. The molecule has 158 valence electrons. The van der Waals surface area contributed by atoms with E-state index in [1.54, 1.807) is 0 Å². The van der Waals surface area contributed by atoms with Crippen molar-refractivity contribution in [3.05, 3.63) is 55.7 Å². The summed E-state index contributed by atoms with van der Waals surface area (Å²) in [5.41, 5.74) is 1.51. The summed E-state index contributed by atoms with van der Waals surface area (Å²) in [5, 5.41) is 0. The average Bonchev–Trinajstić information content (AvgIpc) is 3.32. The molecule has 4 aromatic rings. The zero-order valence-electron chi connectivity index (χ0n) is 17.3. The maximum absolute atomic E-state index is 12.8. The molecule has 0 saturated carbocycles. The molecule has 0 spiro atoms. The van der Waals surface area contributed by atoms with Gasteiger partial charge in [0.25, 0.3) is 11.5 Å². The summed E-state index contributed by atoms with van der Waals surface area (Å²) in [5.74, 6) is 2.15. The smallest absolute Gasteiger partial charge is 0.315 e. The minimum absolute atomic E-state index is 0.175. The first kappa shape index (κ1) is 20.6. The second-order valence-electron chi connectivity index (χ2n) is 7.09. The molecule has 0 aliphatic rings. The molecule has 0 radical (unpaired) electrons. The van der Waals surface area contributed by atoms with Crippen molar-refractivity contribution in [2.75, 3.05) is 0 Å². The summed E-state index contributed by atoms with van der Waals surface area (Å²) >= 11 is 1.39. The van der Waals surface area contributed by atoms with E-state index in [9.17, 15) is 14.4 Å². The Morgan fingerprint density at radius 3 is 2.74 bits per heavy atom. The van der Waals surface area contributed by atoms with Gasteiger partial charge in [0, 0.05) is 14.1 Å². The Morgan fingerprint density at radius 2 is 2.03 bits per heavy atom. The fourth-order valence-corrected chi connectivity index (χ4v) is 4.58. The first-order valence-electron chi connectivity index (χ1n) is 9.59. The topological polar surface area (TPSA) is 96.2 Å². The van der Waals surface area contributed by atoms with Gasteiger partial charge in [-0.05, 0) is 24.1 Å². The van der Waals surface area contributed by atoms with Crippen molar-refractivity contribution < 1.29 is 4.79 Å². The molecule has 0 fully saturated rings. The summed E-state index contributed by atoms with van der Waals surface area (Å²) in [6.45, 7) is 2.18. The van der Waals surface area contributed by atoms with Crippen LogP contribution in [-0.4, -0.2) is 29.2 Å². The minimum atomic E-state index is -0.514. The van der Waals surface area contributed by atoms with Crippen LogP contribution in [0.15, 0.2) is 39.1 Å². The van der Waals surface area contributed by atoms with Gasteiger partial charge in [-0.1, -0.05) is 30.2 Å². The van der Waals surface area contributed by atoms with Gasteiger partial charge in [-0.3, -0.25) is 18.7 Å². The van der Waals surface area contributed by atoms with Gasteiger partial charge in [0.15, 0.2) is 16.0 Å². The minimum Gasteiger partial charge on any atom is -0.315 e. The zero-order valence-corrected chi connectivity index (χ0v) is 18.1. The summed E-state index contributed by atoms with van der Waals surface area (Å²) in [6, 6.07) is 6.09. The molecule has 3 heterocycles. The molecule has 1 aromatic carbocycles. The molecule has 0 aliphatic carbocycles. The number of imidazole rings is 1. The largest absolute Gasteiger partial charge is 0.332 e. The van der Waals surface area contributed by atoms with Crippen LogP contribution >= 0.6 is 11.3 Å². The number of carbonyl (C=O) groups is 1. The Labute approximate surface area is 180 Å². The Bertz CT molecular complexity index is 1570. The van der Waals surface area contributed by atoms with Crippen LogP contribution in [-0.2, 0) is 38.4 Å². The fourth-order valence-electron chi connectivity index (χ4n) is 3.47. The van der Waals surface area contributed by atoms with Gasteiger partial charge in [-0.25, -0.2) is 9.78 Å². The fraction of sp³-hybridized carbons (Fsp3) is 0.286. The van der Waals surface area contributed by atoms with Crippen LogP contribution in [0.1, 0.15) is 12.5 Å². The molecule has 9 nitrogen and oxygen atoms in total. The van der Waals surface area contributed by atoms with E-state index in [0.29, 0.717) is 4.80 Å². The lowest BCUT2D eigenvalue weighted by molar-refractivity contribution is -0.118. The number of hydrogen-bond acceptors (Lipinski definition) is 5. The highest BCUT2D eigenvalue weighted by molar-refractivity contribution is 7.16. The first-order valence-corrected chi connectivity index (χ1v) is 10.4. The van der Waals surface area contributed by atoms with E-state index < -0.39 is 17.2 Å². The molecule has 0 N–H and O–H groups in total. The van der Waals surface area contributed by atoms with E-state index >= 15 is 0 Å². The predicted octanol–water partition coefficient (Wildman–Crippen LogP) is 0.773. The molecule has 3 aromatic heterocycles. The maximum atomic E-state index is 12.8. The SMILES string of the molecule is C#CCn1c(=NC(=O)Cn2cnc3c2c(=O)n(C)c(=O)n3C)sc2cc(CC)ccc21. The molecule has 0 aliphatic heterocycles. The molecule has 0 unspecified atom stereocenters. The maximum Gasteiger partial charge on any atom is 0.332 e. The van der Waals surface area contributed by atoms with E-state index in [0.717, 1.165) is 21.2 Å². The van der Waals surface area contributed by atoms with E-state index in [2.05, 4.69) is 28.9 Å². The Balaban J connectivity index is 1.79. The normalized spacial score (nSPS) is 12.0. The third-order valence-corrected chi connectivity index (χ3v) is 6.19. The second kappa shape index (κ2) is 7.85. The number of rotatable bonds is 4. The molecule has 0 atom stereocenters. The van der Waals surface area contributed by atoms with E-state index in [1.807, 2.05) is 16.7 Å². The number of amides is 1. The quantitative estimate of drug-likeness (QED) is 0.442. The number of aryl methyl sites for hydroxylation is 2. The van der Waals surface area contributed by atoms with Crippen molar-refractivity contribution in [3.8, 4) is 12.3 Å². The van der Waals surface area contributed by atoms with Crippen LogP contribution in [0.5, 0.6) is 0 Å². The number of terminal acetylenes is 1. The van der Waals surface area contributed by atoms with Gasteiger partial charge in [0.05, 0.1) is 23.1 Å². The monoisotopic (exact) mass is 436 g/mol. The first-order chi connectivity index (χ1) is 14.8. The van der Waals surface area contributed by atoms with Crippen molar-refractivity contribution in [3.63, 3.8) is 0 Å². The third-order valence-electron chi connectivity index (χ3n) is 5.15. The molecule has 4 rings (SSSR count). The number of nitrogens with zero attached hydrogens (tertiary/aromatic N) is 6. The van der Waals surface area contributed by atoms with Crippen LogP contribution in [0.2, 0.25) is 0 Å². The third kappa shape index (κ3) is 3.43. The Kier molecular flexibility index (Phi) is 5.20. The van der Waals surface area contributed by atoms with Crippen molar-refractivity contribution in [2.45, 2.75) is 26.4 Å². The van der Waals surface area contributed by atoms with Gasteiger partial charge in [-0.2, -0.15) is 4.99 Å². The van der Waals surface area contributed by atoms with Crippen LogP contribution in [0, 0.1) is 12.3 Å². The van der Waals surface area contributed by atoms with E-state index in [1.165, 1.54) is 46.5 Å². The highest BCUT2D eigenvalue weighted by Crippen LogP contribution is 2.19. The average molecular weight is 436 g/mol. The van der Waals surface area contributed by atoms with Crippen molar-refractivity contribution in [1.82, 2.24) is 23.3 Å². The van der Waals surface area contributed by atoms with Crippen molar-refractivity contribution in [2.24, 2.45) is 19.1 Å². The number of thiazole rings is 1. The Morgan fingerprint density at radius 1 is 1.26 bits per heavy atom. The van der Waals surface area contributed by atoms with Crippen molar-refractivity contribution >= 4 is 38.6 Å². The van der Waals surface area contributed by atoms with Crippen LogP contribution in [0.25, 0.3) is 21.4 Å². The van der Waals surface area contributed by atoms with E-state index in [-0.39, 0.29) is 24.3 Å². The predicted molar refractivity (Wildman–Crippen MR) is 119 cm³/mol. The van der Waals surface area contributed by atoms with Gasteiger partial charge in [0.2, 0.25) is 0 Å². The van der Waals surface area contributed by atoms with Crippen molar-refractivity contribution in [1.29, 1.82) is 0 Å². The van der Waals surface area contributed by atoms with E-state index in [4.69, 9.17) is 6.42 Å². The lowest BCUT2D eigenvalue weighted by atomic mass is 10.2.